The Morgan fingerprint density at radius 1 is 1.24 bits per heavy atom. The Morgan fingerprint density at radius 3 is 2.74 bits per heavy atom. The molecule has 3 aromatic heterocycles. The lowest BCUT2D eigenvalue weighted by atomic mass is 9.92. The Hall–Kier alpha value is -4.09. The number of anilines is 1. The van der Waals surface area contributed by atoms with Crippen LogP contribution in [0.3, 0.4) is 0 Å². The Labute approximate surface area is 270 Å². The fourth-order valence-electron chi connectivity index (χ4n) is 6.58. The van der Waals surface area contributed by atoms with E-state index in [0.717, 1.165) is 11.6 Å². The van der Waals surface area contributed by atoms with E-state index in [0.29, 0.717) is 50.1 Å². The summed E-state index contributed by atoms with van der Waals surface area (Å²) in [5, 5.41) is 27.2. The molecule has 46 heavy (non-hydrogen) atoms. The van der Waals surface area contributed by atoms with Crippen molar-refractivity contribution >= 4 is 33.2 Å². The maximum atomic E-state index is 14.6. The number of nitrogens with one attached hydrogen (secondary N) is 1. The molecule has 0 bridgehead atoms. The van der Waals surface area contributed by atoms with Crippen molar-refractivity contribution in [3.05, 3.63) is 82.3 Å². The van der Waals surface area contributed by atoms with Crippen molar-refractivity contribution in [3.8, 4) is 17.4 Å². The zero-order valence-corrected chi connectivity index (χ0v) is 26.8. The summed E-state index contributed by atoms with van der Waals surface area (Å²) in [4.78, 5) is 16.9. The number of aromatic nitrogens is 3. The molecule has 240 valence electrons. The number of rotatable bonds is 8. The van der Waals surface area contributed by atoms with E-state index < -0.39 is 39.6 Å². The number of sulfonamides is 1. The van der Waals surface area contributed by atoms with Crippen molar-refractivity contribution in [1.29, 1.82) is 5.26 Å². The summed E-state index contributed by atoms with van der Waals surface area (Å²) in [6, 6.07) is 13.9. The van der Waals surface area contributed by atoms with Crippen LogP contribution < -0.4 is 5.32 Å². The summed E-state index contributed by atoms with van der Waals surface area (Å²) in [6.45, 7) is 3.76. The lowest BCUT2D eigenvalue weighted by Gasteiger charge is -2.32. The molecule has 3 atom stereocenters. The van der Waals surface area contributed by atoms with Gasteiger partial charge in [-0.1, -0.05) is 47.1 Å². The molecule has 0 radical (unpaired) electrons. The molecule has 14 heteroatoms. The van der Waals surface area contributed by atoms with E-state index in [1.165, 1.54) is 10.4 Å². The van der Waals surface area contributed by atoms with E-state index in [-0.39, 0.29) is 39.1 Å². The molecule has 2 aliphatic heterocycles. The second-order valence-corrected chi connectivity index (χ2v) is 14.2. The number of nitriles is 1. The molecule has 1 aromatic carbocycles. The molecular weight excluding hydrogens is 635 g/mol. The quantitative estimate of drug-likeness (QED) is 0.229. The van der Waals surface area contributed by atoms with Crippen LogP contribution in [0.4, 0.5) is 10.1 Å². The first-order valence-electron chi connectivity index (χ1n) is 15.0. The highest BCUT2D eigenvalue weighted by molar-refractivity contribution is 7.89. The maximum Gasteiger partial charge on any atom is 0.273 e. The first-order valence-corrected chi connectivity index (χ1v) is 16.8. The van der Waals surface area contributed by atoms with Gasteiger partial charge in [-0.15, -0.1) is 0 Å². The van der Waals surface area contributed by atoms with Crippen molar-refractivity contribution in [3.63, 3.8) is 0 Å². The van der Waals surface area contributed by atoms with Gasteiger partial charge in [0.2, 0.25) is 16.0 Å². The largest absolute Gasteiger partial charge is 0.384 e. The van der Waals surface area contributed by atoms with Gasteiger partial charge in [-0.2, -0.15) is 14.0 Å². The Kier molecular flexibility index (Phi) is 8.49. The lowest BCUT2D eigenvalue weighted by Crippen LogP contribution is -2.43. The van der Waals surface area contributed by atoms with Crippen LogP contribution in [0.25, 0.3) is 11.3 Å². The molecule has 6 rings (SSSR count). The summed E-state index contributed by atoms with van der Waals surface area (Å²) >= 11 is 6.82. The van der Waals surface area contributed by atoms with Crippen LogP contribution in [0, 0.1) is 17.3 Å². The van der Waals surface area contributed by atoms with Gasteiger partial charge in [0, 0.05) is 47.7 Å². The summed E-state index contributed by atoms with van der Waals surface area (Å²) in [5.41, 5.74) is -0.313. The fraction of sp³-hybridized carbons (Fsp3) is 0.375. The van der Waals surface area contributed by atoms with Crippen LogP contribution in [0.1, 0.15) is 73.5 Å². The minimum Gasteiger partial charge on any atom is -0.384 e. The van der Waals surface area contributed by atoms with E-state index in [2.05, 4.69) is 15.5 Å². The minimum absolute atomic E-state index is 0.0142. The number of pyridine rings is 1. The first-order chi connectivity index (χ1) is 21.9. The molecule has 1 saturated heterocycles. The lowest BCUT2D eigenvalue weighted by molar-refractivity contribution is 0.0229. The van der Waals surface area contributed by atoms with Gasteiger partial charge >= 0.3 is 0 Å². The van der Waals surface area contributed by atoms with Gasteiger partial charge in [0.1, 0.15) is 33.6 Å². The fourth-order valence-corrected chi connectivity index (χ4v) is 9.36. The number of hydrogen-bond donors (Lipinski definition) is 2. The van der Waals surface area contributed by atoms with Crippen molar-refractivity contribution < 1.29 is 27.2 Å². The van der Waals surface area contributed by atoms with Gasteiger partial charge in [0.05, 0.1) is 5.02 Å². The molecule has 2 N–H and O–H groups in total. The van der Waals surface area contributed by atoms with Crippen LogP contribution in [0.2, 0.25) is 5.02 Å². The van der Waals surface area contributed by atoms with Crippen molar-refractivity contribution in [2.75, 3.05) is 5.32 Å². The maximum absolute atomic E-state index is 14.6. The number of nitrogens with zero attached hydrogens (tertiary/aromatic N) is 5. The Balaban J connectivity index is 1.33. The van der Waals surface area contributed by atoms with Crippen LogP contribution in [-0.2, 0) is 28.6 Å². The number of benzene rings is 1. The zero-order chi connectivity index (χ0) is 32.8. The number of hydrogen-bond acceptors (Lipinski definition) is 8. The molecule has 4 aromatic rings. The molecule has 1 fully saturated rings. The highest BCUT2D eigenvalue weighted by Crippen LogP contribution is 2.43. The van der Waals surface area contributed by atoms with Gasteiger partial charge in [0.25, 0.3) is 5.91 Å². The number of amides is 1. The molecule has 0 saturated carbocycles. The highest BCUT2D eigenvalue weighted by atomic mass is 35.5. The Morgan fingerprint density at radius 2 is 2.00 bits per heavy atom. The van der Waals surface area contributed by atoms with Crippen LogP contribution in [-0.4, -0.2) is 50.5 Å². The minimum atomic E-state index is -4.27. The van der Waals surface area contributed by atoms with Crippen LogP contribution in [0.15, 0.2) is 57.9 Å². The van der Waals surface area contributed by atoms with Gasteiger partial charge in [-0.05, 0) is 58.4 Å². The molecule has 5 heterocycles. The third-order valence-corrected chi connectivity index (χ3v) is 11.3. The third kappa shape index (κ3) is 5.82. The summed E-state index contributed by atoms with van der Waals surface area (Å²) < 4.78 is 51.6. The van der Waals surface area contributed by atoms with Gasteiger partial charge in [-0.25, -0.2) is 13.4 Å². The van der Waals surface area contributed by atoms with E-state index in [1.807, 2.05) is 37.3 Å². The van der Waals surface area contributed by atoms with E-state index in [1.54, 1.807) is 23.6 Å². The van der Waals surface area contributed by atoms with E-state index >= 15 is 0 Å². The Bertz CT molecular complexity index is 1950. The number of fused-ring (bicyclic) bond motifs is 1. The first kappa shape index (κ1) is 31.9. The SMILES string of the molecule is CC1CCC(CC(C)(O)c2cc(-c3ccccc3)on2)N1S(=O)(=O)c1c(Cl)c(C(=O)Nc2cc(F)nc(C#N)c2)n2c1CCCC2. The normalized spacial score (nSPS) is 19.7. The second kappa shape index (κ2) is 12.3. The number of halogens is 2. The summed E-state index contributed by atoms with van der Waals surface area (Å²) in [6.07, 6.45) is 2.89. The molecule has 11 nitrogen and oxygen atoms in total. The number of carbonyl (C=O) groups is 1. The molecular formula is C32H32ClFN6O5S. The second-order valence-electron chi connectivity index (χ2n) is 12.0. The van der Waals surface area contributed by atoms with Gasteiger partial charge in [0.15, 0.2) is 5.76 Å². The van der Waals surface area contributed by atoms with Gasteiger partial charge in [-0.3, -0.25) is 4.79 Å². The molecule has 0 aliphatic carbocycles. The monoisotopic (exact) mass is 666 g/mol. The smallest absolute Gasteiger partial charge is 0.273 e. The predicted molar refractivity (Wildman–Crippen MR) is 167 cm³/mol. The van der Waals surface area contributed by atoms with E-state index in [4.69, 9.17) is 21.4 Å². The van der Waals surface area contributed by atoms with Gasteiger partial charge < -0.3 is 19.5 Å². The topological polar surface area (TPSA) is 154 Å². The zero-order valence-electron chi connectivity index (χ0n) is 25.2. The van der Waals surface area contributed by atoms with Crippen LogP contribution >= 0.6 is 11.6 Å². The molecule has 0 spiro atoms. The number of aliphatic hydroxyl groups is 1. The summed E-state index contributed by atoms with van der Waals surface area (Å²) in [7, 11) is -4.27. The van der Waals surface area contributed by atoms with Crippen LogP contribution in [0.5, 0.6) is 0 Å². The van der Waals surface area contributed by atoms with Crippen molar-refractivity contribution in [1.82, 2.24) is 19.0 Å². The molecule has 2 aliphatic rings. The molecule has 3 unspecified atom stereocenters. The standard InChI is InChI=1S/C32H32ClFN6O5S/c1-19-11-12-23(17-32(2,42)26-16-25(45-38-26)20-8-4-3-5-9-20)40(19)46(43,44)30-24-10-6-7-13-39(24)29(28(30)33)31(41)37-21-14-22(18-35)36-27(34)15-21/h3-5,8-9,14-16,19,23,42H,6-7,10-13,17H2,1-2H3,(H,36,37,41). The predicted octanol–water partition coefficient (Wildman–Crippen LogP) is 5.63. The summed E-state index contributed by atoms with van der Waals surface area (Å²) in [5.74, 6) is -1.21. The average molecular weight is 667 g/mol. The van der Waals surface area contributed by atoms with Crippen molar-refractivity contribution in [2.45, 2.75) is 81.5 Å². The number of carbonyl (C=O) groups excluding carboxylic acids is 1. The molecule has 1 amide bonds. The third-order valence-electron chi connectivity index (χ3n) is 8.69. The average Bonchev–Trinajstić information content (AvgIpc) is 3.73. The highest BCUT2D eigenvalue weighted by Gasteiger charge is 2.47. The van der Waals surface area contributed by atoms with Crippen molar-refractivity contribution in [2.24, 2.45) is 0 Å². The van der Waals surface area contributed by atoms with E-state index in [9.17, 15) is 22.7 Å².